The van der Waals surface area contributed by atoms with Gasteiger partial charge in [0.05, 0.1) is 16.9 Å². The third-order valence-electron chi connectivity index (χ3n) is 2.60. The molecule has 106 valence electrons. The van der Waals surface area contributed by atoms with Crippen LogP contribution in [0.4, 0.5) is 13.2 Å². The Labute approximate surface area is 119 Å². The smallest absolute Gasteiger partial charge is 0.416 e. The summed E-state index contributed by atoms with van der Waals surface area (Å²) in [6, 6.07) is 3.01. The summed E-state index contributed by atoms with van der Waals surface area (Å²) in [5, 5.41) is 15.9. The molecule has 0 saturated carbocycles. The maximum atomic E-state index is 12.7. The molecule has 0 bridgehead atoms. The van der Waals surface area contributed by atoms with E-state index in [4.69, 9.17) is 5.11 Å². The van der Waals surface area contributed by atoms with Crippen molar-refractivity contribution in [3.8, 4) is 5.69 Å². The molecule has 1 heterocycles. The molecule has 20 heavy (non-hydrogen) atoms. The van der Waals surface area contributed by atoms with Crippen LogP contribution in [0.1, 0.15) is 21.7 Å². The van der Waals surface area contributed by atoms with E-state index >= 15 is 0 Å². The minimum Gasteiger partial charge on any atom is -0.476 e. The lowest BCUT2D eigenvalue weighted by Crippen LogP contribution is -2.08. The van der Waals surface area contributed by atoms with Gasteiger partial charge >= 0.3 is 12.1 Å². The van der Waals surface area contributed by atoms with E-state index in [1.54, 1.807) is 0 Å². The summed E-state index contributed by atoms with van der Waals surface area (Å²) in [4.78, 5) is 10.9. The topological polar surface area (TPSA) is 68.0 Å². The number of aromatic nitrogens is 3. The van der Waals surface area contributed by atoms with Gasteiger partial charge in [0, 0.05) is 4.47 Å². The van der Waals surface area contributed by atoms with Gasteiger partial charge in [-0.15, -0.1) is 5.10 Å². The van der Waals surface area contributed by atoms with Crippen LogP contribution in [-0.4, -0.2) is 26.1 Å². The highest BCUT2D eigenvalue weighted by atomic mass is 79.9. The predicted molar refractivity (Wildman–Crippen MR) is 65.8 cm³/mol. The van der Waals surface area contributed by atoms with Gasteiger partial charge in [-0.25, -0.2) is 9.48 Å². The second-order valence-corrected chi connectivity index (χ2v) is 4.76. The van der Waals surface area contributed by atoms with Gasteiger partial charge in [0.2, 0.25) is 0 Å². The highest BCUT2D eigenvalue weighted by molar-refractivity contribution is 9.10. The van der Waals surface area contributed by atoms with E-state index < -0.39 is 17.7 Å². The third-order valence-corrected chi connectivity index (χ3v) is 3.27. The van der Waals surface area contributed by atoms with Crippen LogP contribution in [0, 0.1) is 6.92 Å². The fourth-order valence-electron chi connectivity index (χ4n) is 1.61. The van der Waals surface area contributed by atoms with E-state index in [-0.39, 0.29) is 17.1 Å². The van der Waals surface area contributed by atoms with Crippen molar-refractivity contribution >= 4 is 21.9 Å². The summed E-state index contributed by atoms with van der Waals surface area (Å²) in [6.45, 7) is 1.41. The summed E-state index contributed by atoms with van der Waals surface area (Å²) < 4.78 is 39.5. The molecule has 1 aromatic heterocycles. The summed E-state index contributed by atoms with van der Waals surface area (Å²) in [6.07, 6.45) is -4.50. The minimum atomic E-state index is -4.50. The molecule has 0 aliphatic carbocycles. The van der Waals surface area contributed by atoms with Crippen LogP contribution >= 0.6 is 15.9 Å². The molecule has 1 N–H and O–H groups in total. The molecular weight excluding hydrogens is 343 g/mol. The number of halogens is 4. The van der Waals surface area contributed by atoms with Gasteiger partial charge in [0.15, 0.2) is 5.69 Å². The van der Waals surface area contributed by atoms with Crippen LogP contribution in [0.25, 0.3) is 5.69 Å². The van der Waals surface area contributed by atoms with Crippen molar-refractivity contribution in [3.63, 3.8) is 0 Å². The van der Waals surface area contributed by atoms with E-state index in [2.05, 4.69) is 26.2 Å². The SMILES string of the molecule is Cc1c(C(=O)O)nnn1-c1cc(C(F)(F)F)ccc1Br. The molecule has 5 nitrogen and oxygen atoms in total. The van der Waals surface area contributed by atoms with Crippen LogP contribution in [0.2, 0.25) is 0 Å². The number of rotatable bonds is 2. The molecule has 0 aliphatic rings. The fourth-order valence-corrected chi connectivity index (χ4v) is 2.02. The van der Waals surface area contributed by atoms with Crippen LogP contribution < -0.4 is 0 Å². The van der Waals surface area contributed by atoms with Crippen LogP contribution in [0.3, 0.4) is 0 Å². The number of benzene rings is 1. The fraction of sp³-hybridized carbons (Fsp3) is 0.182. The molecule has 1 aromatic carbocycles. The Kier molecular flexibility index (Phi) is 3.55. The summed E-state index contributed by atoms with van der Waals surface area (Å²) in [7, 11) is 0. The molecule has 9 heteroatoms. The van der Waals surface area contributed by atoms with Crippen LogP contribution in [-0.2, 0) is 6.18 Å². The molecule has 0 amide bonds. The molecule has 0 spiro atoms. The number of hydrogen-bond acceptors (Lipinski definition) is 3. The van der Waals surface area contributed by atoms with Crippen molar-refractivity contribution in [2.24, 2.45) is 0 Å². The zero-order valence-electron chi connectivity index (χ0n) is 9.94. The van der Waals surface area contributed by atoms with Gasteiger partial charge in [0.1, 0.15) is 0 Å². The van der Waals surface area contributed by atoms with Gasteiger partial charge in [-0.1, -0.05) is 5.21 Å². The normalized spacial score (nSPS) is 11.7. The van der Waals surface area contributed by atoms with E-state index in [0.717, 1.165) is 16.8 Å². The second-order valence-electron chi connectivity index (χ2n) is 3.90. The number of carboxylic acid groups (broad SMARTS) is 1. The maximum Gasteiger partial charge on any atom is 0.416 e. The van der Waals surface area contributed by atoms with Crippen molar-refractivity contribution in [2.75, 3.05) is 0 Å². The Balaban J connectivity index is 2.61. The molecular formula is C11H7BrF3N3O2. The van der Waals surface area contributed by atoms with Gasteiger partial charge in [0.25, 0.3) is 0 Å². The summed E-state index contributed by atoms with van der Waals surface area (Å²) in [5.41, 5.74) is -0.966. The van der Waals surface area contributed by atoms with Gasteiger partial charge in [-0.3, -0.25) is 0 Å². The zero-order valence-corrected chi connectivity index (χ0v) is 11.5. The highest BCUT2D eigenvalue weighted by Crippen LogP contribution is 2.33. The number of carboxylic acids is 1. The first-order chi connectivity index (χ1) is 9.21. The van der Waals surface area contributed by atoms with Crippen molar-refractivity contribution in [1.82, 2.24) is 15.0 Å². The molecule has 0 unspecified atom stereocenters. The zero-order chi connectivity index (χ0) is 15.1. The summed E-state index contributed by atoms with van der Waals surface area (Å²) in [5.74, 6) is -1.29. The monoisotopic (exact) mass is 349 g/mol. The maximum absolute atomic E-state index is 12.7. The Morgan fingerprint density at radius 3 is 2.55 bits per heavy atom. The minimum absolute atomic E-state index is 0.0670. The van der Waals surface area contributed by atoms with Gasteiger partial charge in [-0.05, 0) is 41.1 Å². The van der Waals surface area contributed by atoms with Crippen LogP contribution in [0.15, 0.2) is 22.7 Å². The standard InChI is InChI=1S/C11H7BrF3N3O2/c1-5-9(10(19)20)16-17-18(5)8-4-6(11(13,14)15)2-3-7(8)12/h2-4H,1H3,(H,19,20). The van der Waals surface area contributed by atoms with Crippen molar-refractivity contribution < 1.29 is 23.1 Å². The lowest BCUT2D eigenvalue weighted by Gasteiger charge is -2.11. The molecule has 0 atom stereocenters. The predicted octanol–water partition coefficient (Wildman–Crippen LogP) is 3.06. The lowest BCUT2D eigenvalue weighted by molar-refractivity contribution is -0.137. The Hall–Kier alpha value is -1.90. The Bertz CT molecular complexity index is 682. The Morgan fingerprint density at radius 2 is 2.05 bits per heavy atom. The van der Waals surface area contributed by atoms with E-state index in [0.29, 0.717) is 4.47 Å². The molecule has 0 aliphatic heterocycles. The van der Waals surface area contributed by atoms with E-state index in [1.807, 2.05) is 0 Å². The second kappa shape index (κ2) is 4.89. The van der Waals surface area contributed by atoms with Crippen molar-refractivity contribution in [3.05, 3.63) is 39.6 Å². The number of alkyl halides is 3. The first kappa shape index (κ1) is 14.5. The first-order valence-electron chi connectivity index (χ1n) is 5.24. The molecule has 0 radical (unpaired) electrons. The van der Waals surface area contributed by atoms with E-state index in [1.165, 1.54) is 13.0 Å². The average molecular weight is 350 g/mol. The third kappa shape index (κ3) is 2.53. The summed E-state index contributed by atoms with van der Waals surface area (Å²) >= 11 is 3.11. The quantitative estimate of drug-likeness (QED) is 0.904. The highest BCUT2D eigenvalue weighted by Gasteiger charge is 2.31. The number of aromatic carboxylic acids is 1. The van der Waals surface area contributed by atoms with Crippen molar-refractivity contribution in [2.45, 2.75) is 13.1 Å². The van der Waals surface area contributed by atoms with E-state index in [9.17, 15) is 18.0 Å². The first-order valence-corrected chi connectivity index (χ1v) is 6.04. The Morgan fingerprint density at radius 1 is 1.40 bits per heavy atom. The number of nitrogens with zero attached hydrogens (tertiary/aromatic N) is 3. The van der Waals surface area contributed by atoms with Crippen molar-refractivity contribution in [1.29, 1.82) is 0 Å². The molecule has 0 saturated heterocycles. The molecule has 0 fully saturated rings. The van der Waals surface area contributed by atoms with Gasteiger partial charge < -0.3 is 5.11 Å². The molecule has 2 aromatic rings. The van der Waals surface area contributed by atoms with Crippen LogP contribution in [0.5, 0.6) is 0 Å². The van der Waals surface area contributed by atoms with Gasteiger partial charge in [-0.2, -0.15) is 13.2 Å². The lowest BCUT2D eigenvalue weighted by atomic mass is 10.2. The number of carbonyl (C=O) groups is 1. The average Bonchev–Trinajstić information content (AvgIpc) is 2.70. The number of hydrogen-bond donors (Lipinski definition) is 1. The largest absolute Gasteiger partial charge is 0.476 e. The molecule has 2 rings (SSSR count).